The van der Waals surface area contributed by atoms with E-state index in [1.807, 2.05) is 6.92 Å². The highest BCUT2D eigenvalue weighted by Crippen LogP contribution is 2.50. The van der Waals surface area contributed by atoms with Crippen molar-refractivity contribution in [3.05, 3.63) is 0 Å². The highest BCUT2D eigenvalue weighted by molar-refractivity contribution is 5.69. The minimum absolute atomic E-state index is 0.134. The van der Waals surface area contributed by atoms with Gasteiger partial charge in [0, 0.05) is 12.8 Å². The van der Waals surface area contributed by atoms with Gasteiger partial charge in [0.15, 0.2) is 0 Å². The third kappa shape index (κ3) is 4.23. The topological polar surface area (TPSA) is 44.8 Å². The summed E-state index contributed by atoms with van der Waals surface area (Å²) in [6, 6.07) is 0. The van der Waals surface area contributed by atoms with Crippen LogP contribution < -0.4 is 0 Å². The van der Waals surface area contributed by atoms with Crippen LogP contribution in [0, 0.1) is 11.3 Å². The predicted molar refractivity (Wildman–Crippen MR) is 85.2 cm³/mol. The number of rotatable bonds is 4. The molecule has 0 bridgehead atoms. The molecule has 0 aromatic carbocycles. The zero-order valence-electron chi connectivity index (χ0n) is 14.9. The molecule has 1 saturated carbocycles. The Hall–Kier alpha value is -0.610. The maximum Gasteiger partial charge on any atom is 0.305 e. The van der Waals surface area contributed by atoms with E-state index in [9.17, 15) is 4.79 Å². The van der Waals surface area contributed by atoms with Gasteiger partial charge in [-0.1, -0.05) is 20.8 Å². The summed E-state index contributed by atoms with van der Waals surface area (Å²) < 4.78 is 5.00. The fraction of sp³-hybridized carbons (Fsp3) is 0.944. The van der Waals surface area contributed by atoms with Crippen molar-refractivity contribution < 1.29 is 19.3 Å². The summed E-state index contributed by atoms with van der Waals surface area (Å²) in [6.07, 6.45) is 6.45. The van der Waals surface area contributed by atoms with Crippen molar-refractivity contribution in [1.29, 1.82) is 0 Å². The standard InChI is InChI=1S/C18H32O4/c1-6-20-15(19)9-10-17(5)13-18(22-21-17)11-7-14(8-12-18)16(2,3)4/h14H,6-13H2,1-5H3. The molecule has 2 aliphatic rings. The minimum atomic E-state index is -0.360. The third-order valence-corrected chi connectivity index (χ3v) is 5.40. The van der Waals surface area contributed by atoms with Crippen LogP contribution in [0.1, 0.15) is 79.6 Å². The van der Waals surface area contributed by atoms with Gasteiger partial charge in [0.1, 0.15) is 11.2 Å². The van der Waals surface area contributed by atoms with Gasteiger partial charge in [-0.2, -0.15) is 0 Å². The molecular weight excluding hydrogens is 280 g/mol. The van der Waals surface area contributed by atoms with Gasteiger partial charge in [-0.15, -0.1) is 0 Å². The Morgan fingerprint density at radius 2 is 1.86 bits per heavy atom. The highest BCUT2D eigenvalue weighted by Gasteiger charge is 2.51. The van der Waals surface area contributed by atoms with Gasteiger partial charge >= 0.3 is 5.97 Å². The SMILES string of the molecule is CCOC(=O)CCC1(C)CC2(CCC(C(C)(C)C)CC2)OO1. The Kier molecular flexibility index (Phi) is 5.23. The Bertz CT molecular complexity index is 390. The van der Waals surface area contributed by atoms with Crippen molar-refractivity contribution in [3.8, 4) is 0 Å². The van der Waals surface area contributed by atoms with Crippen molar-refractivity contribution >= 4 is 5.97 Å². The quantitative estimate of drug-likeness (QED) is 0.569. The lowest BCUT2D eigenvalue weighted by atomic mass is 9.66. The molecule has 1 atom stereocenters. The first-order valence-electron chi connectivity index (χ1n) is 8.71. The molecule has 0 amide bonds. The lowest BCUT2D eigenvalue weighted by Crippen LogP contribution is -2.38. The summed E-state index contributed by atoms with van der Waals surface area (Å²) in [6.45, 7) is 11.3. The monoisotopic (exact) mass is 312 g/mol. The van der Waals surface area contributed by atoms with Crippen LogP contribution in [-0.2, 0) is 19.3 Å². The van der Waals surface area contributed by atoms with E-state index >= 15 is 0 Å². The van der Waals surface area contributed by atoms with E-state index < -0.39 is 0 Å². The van der Waals surface area contributed by atoms with Crippen LogP contribution in [0.4, 0.5) is 0 Å². The van der Waals surface area contributed by atoms with Crippen LogP contribution in [0.25, 0.3) is 0 Å². The van der Waals surface area contributed by atoms with Gasteiger partial charge in [-0.3, -0.25) is 4.79 Å². The summed E-state index contributed by atoms with van der Waals surface area (Å²) in [5.41, 5.74) is -0.124. The lowest BCUT2D eigenvalue weighted by Gasteiger charge is -2.40. The molecule has 128 valence electrons. The molecule has 1 saturated heterocycles. The molecule has 0 aromatic heterocycles. The Morgan fingerprint density at radius 3 is 2.41 bits per heavy atom. The minimum Gasteiger partial charge on any atom is -0.466 e. The molecule has 4 heteroatoms. The second-order valence-corrected chi connectivity index (χ2v) is 8.42. The number of carbonyl (C=O) groups is 1. The van der Waals surface area contributed by atoms with Crippen molar-refractivity contribution in [1.82, 2.24) is 0 Å². The zero-order chi connectivity index (χ0) is 16.4. The van der Waals surface area contributed by atoms with Crippen LogP contribution in [0.5, 0.6) is 0 Å². The maximum absolute atomic E-state index is 11.5. The zero-order valence-corrected chi connectivity index (χ0v) is 14.9. The van der Waals surface area contributed by atoms with Crippen molar-refractivity contribution in [2.45, 2.75) is 90.8 Å². The van der Waals surface area contributed by atoms with Crippen LogP contribution in [0.15, 0.2) is 0 Å². The van der Waals surface area contributed by atoms with Gasteiger partial charge in [-0.05, 0) is 57.3 Å². The first-order valence-corrected chi connectivity index (χ1v) is 8.71. The van der Waals surface area contributed by atoms with Crippen LogP contribution >= 0.6 is 0 Å². The summed E-state index contributed by atoms with van der Waals surface area (Å²) in [4.78, 5) is 23.0. The highest BCUT2D eigenvalue weighted by atomic mass is 17.2. The van der Waals surface area contributed by atoms with Gasteiger partial charge in [0.25, 0.3) is 0 Å². The van der Waals surface area contributed by atoms with Crippen molar-refractivity contribution in [2.24, 2.45) is 11.3 Å². The van der Waals surface area contributed by atoms with Gasteiger partial charge < -0.3 is 4.74 Å². The predicted octanol–water partition coefficient (Wildman–Crippen LogP) is 4.42. The number of ether oxygens (including phenoxy) is 1. The van der Waals surface area contributed by atoms with Crippen LogP contribution in [0.3, 0.4) is 0 Å². The molecule has 4 nitrogen and oxygen atoms in total. The Balaban J connectivity index is 1.86. The average Bonchev–Trinajstić information content (AvgIpc) is 2.74. The molecule has 1 aliphatic heterocycles. The number of hydrogen-bond acceptors (Lipinski definition) is 4. The summed E-state index contributed by atoms with van der Waals surface area (Å²) in [5.74, 6) is 0.609. The number of esters is 1. The van der Waals surface area contributed by atoms with E-state index in [1.54, 1.807) is 0 Å². The molecule has 0 radical (unpaired) electrons. The van der Waals surface area contributed by atoms with Gasteiger partial charge in [0.05, 0.1) is 6.61 Å². The first kappa shape index (κ1) is 17.7. The van der Waals surface area contributed by atoms with Crippen LogP contribution in [-0.4, -0.2) is 23.8 Å². The second kappa shape index (κ2) is 6.48. The summed E-state index contributed by atoms with van der Waals surface area (Å²) in [5, 5.41) is 0. The van der Waals surface area contributed by atoms with Crippen molar-refractivity contribution in [2.75, 3.05) is 6.61 Å². The smallest absolute Gasteiger partial charge is 0.305 e. The normalized spacial score (nSPS) is 35.8. The molecule has 2 fully saturated rings. The summed E-state index contributed by atoms with van der Waals surface area (Å²) >= 11 is 0. The molecule has 1 heterocycles. The van der Waals surface area contributed by atoms with E-state index in [0.717, 1.165) is 25.2 Å². The average molecular weight is 312 g/mol. The molecule has 2 rings (SSSR count). The molecule has 1 unspecified atom stereocenters. The largest absolute Gasteiger partial charge is 0.466 e. The Morgan fingerprint density at radius 1 is 1.23 bits per heavy atom. The number of hydrogen-bond donors (Lipinski definition) is 0. The van der Waals surface area contributed by atoms with Crippen molar-refractivity contribution in [3.63, 3.8) is 0 Å². The van der Waals surface area contributed by atoms with E-state index in [2.05, 4.69) is 27.7 Å². The van der Waals surface area contributed by atoms with E-state index in [0.29, 0.717) is 24.9 Å². The molecule has 1 spiro atoms. The number of carbonyl (C=O) groups excluding carboxylic acids is 1. The van der Waals surface area contributed by atoms with E-state index in [1.165, 1.54) is 12.8 Å². The maximum atomic E-state index is 11.5. The lowest BCUT2D eigenvalue weighted by molar-refractivity contribution is -0.353. The fourth-order valence-corrected chi connectivity index (χ4v) is 3.93. The van der Waals surface area contributed by atoms with E-state index in [4.69, 9.17) is 14.5 Å². The molecular formula is C18H32O4. The van der Waals surface area contributed by atoms with E-state index in [-0.39, 0.29) is 17.2 Å². The van der Waals surface area contributed by atoms with Gasteiger partial charge in [0.2, 0.25) is 0 Å². The molecule has 0 N–H and O–H groups in total. The molecule has 1 aliphatic carbocycles. The second-order valence-electron chi connectivity index (χ2n) is 8.42. The van der Waals surface area contributed by atoms with Gasteiger partial charge in [-0.25, -0.2) is 9.78 Å². The van der Waals surface area contributed by atoms with Crippen LogP contribution in [0.2, 0.25) is 0 Å². The fourth-order valence-electron chi connectivity index (χ4n) is 3.93. The molecule has 0 aromatic rings. The summed E-state index contributed by atoms with van der Waals surface area (Å²) in [7, 11) is 0. The molecule has 22 heavy (non-hydrogen) atoms. The third-order valence-electron chi connectivity index (χ3n) is 5.40. The first-order chi connectivity index (χ1) is 10.2. The Labute approximate surface area is 134 Å².